The molecule has 1 unspecified atom stereocenters. The highest BCUT2D eigenvalue weighted by molar-refractivity contribution is 7.84. The standard InChI is InChI=1S/C38H47F2N5O3SSi/c1-21(2)50(22(3)4,23(5)6)17-15-27-30(39)13-12-25-18-26(42-37(46)48-38(8,9)10)19-28(31(25)27)33-32(40)34-29(20-41-36(44-34)49(11)47)35(43-33)45-16-14-24(45)7/h12-13,18-24H,14,16H2,1-11H3,(H,42,46)/t24-,49?/m0/s1. The van der Waals surface area contributed by atoms with Gasteiger partial charge in [-0.15, -0.1) is 5.54 Å². The molecule has 0 saturated carbocycles. The zero-order chi connectivity index (χ0) is 36.9. The Morgan fingerprint density at radius 3 is 2.28 bits per heavy atom. The minimum atomic E-state index is -2.31. The van der Waals surface area contributed by atoms with Crippen molar-refractivity contribution in [2.45, 2.75) is 109 Å². The van der Waals surface area contributed by atoms with Crippen molar-refractivity contribution < 1.29 is 22.5 Å². The highest BCUT2D eigenvalue weighted by Crippen LogP contribution is 2.43. The number of anilines is 2. The lowest BCUT2D eigenvalue weighted by Crippen LogP contribution is -2.46. The minimum absolute atomic E-state index is 0.0173. The number of fused-ring (bicyclic) bond motifs is 2. The molecule has 12 heteroatoms. The Labute approximate surface area is 297 Å². The fourth-order valence-electron chi connectivity index (χ4n) is 7.24. The summed E-state index contributed by atoms with van der Waals surface area (Å²) in [5.41, 5.74) is 4.31. The van der Waals surface area contributed by atoms with E-state index in [1.807, 2.05) is 4.90 Å². The highest BCUT2D eigenvalue weighted by atomic mass is 32.2. The normalized spacial score (nSPS) is 15.8. The first kappa shape index (κ1) is 37.3. The lowest BCUT2D eigenvalue weighted by Gasteiger charge is -2.40. The molecule has 1 amide bonds. The van der Waals surface area contributed by atoms with Crippen LogP contribution in [-0.2, 0) is 15.5 Å². The second-order valence-electron chi connectivity index (χ2n) is 15.1. The van der Waals surface area contributed by atoms with Crippen molar-refractivity contribution in [2.75, 3.05) is 23.0 Å². The van der Waals surface area contributed by atoms with Gasteiger partial charge < -0.3 is 9.64 Å². The summed E-state index contributed by atoms with van der Waals surface area (Å²) in [6.07, 6.45) is 3.12. The van der Waals surface area contributed by atoms with Crippen LogP contribution < -0.4 is 10.2 Å². The van der Waals surface area contributed by atoms with Crippen LogP contribution in [0.3, 0.4) is 0 Å². The number of benzene rings is 2. The smallest absolute Gasteiger partial charge is 0.412 e. The van der Waals surface area contributed by atoms with Gasteiger partial charge in [-0.1, -0.05) is 53.5 Å². The molecule has 1 fully saturated rings. The fourth-order valence-corrected chi connectivity index (χ4v) is 12.9. The molecule has 2 aromatic heterocycles. The second kappa shape index (κ2) is 14.0. The van der Waals surface area contributed by atoms with Gasteiger partial charge in [-0.05, 0) is 74.3 Å². The molecule has 0 radical (unpaired) electrons. The van der Waals surface area contributed by atoms with Crippen LogP contribution in [0, 0.1) is 23.1 Å². The highest BCUT2D eigenvalue weighted by Gasteiger charge is 2.42. The molecule has 1 saturated heterocycles. The Balaban J connectivity index is 1.89. The average molecular weight is 720 g/mol. The summed E-state index contributed by atoms with van der Waals surface area (Å²) in [5, 5.41) is 4.04. The Morgan fingerprint density at radius 1 is 1.08 bits per heavy atom. The first-order valence-corrected chi connectivity index (χ1v) is 20.9. The zero-order valence-corrected chi connectivity index (χ0v) is 32.6. The van der Waals surface area contributed by atoms with Crippen molar-refractivity contribution >= 4 is 58.1 Å². The SMILES string of the molecule is CC(C)[Si](C#Cc1c(F)ccc2cc(NC(=O)OC(C)(C)C)cc(-c3nc(N4CC[C@@H]4C)c4cnc(S(C)=O)nc4c3F)c12)(C(C)C)C(C)C. The van der Waals surface area contributed by atoms with Gasteiger partial charge in [0.1, 0.15) is 36.5 Å². The van der Waals surface area contributed by atoms with E-state index in [4.69, 9.17) is 9.72 Å². The molecule has 1 aliphatic heterocycles. The van der Waals surface area contributed by atoms with Gasteiger partial charge in [-0.25, -0.2) is 28.5 Å². The van der Waals surface area contributed by atoms with Crippen LogP contribution in [0.4, 0.5) is 25.1 Å². The third-order valence-corrected chi connectivity index (χ3v) is 16.7. The summed E-state index contributed by atoms with van der Waals surface area (Å²) >= 11 is 0. The summed E-state index contributed by atoms with van der Waals surface area (Å²) in [5.74, 6) is 2.44. The van der Waals surface area contributed by atoms with E-state index in [0.29, 0.717) is 50.8 Å². The van der Waals surface area contributed by atoms with Crippen molar-refractivity contribution in [1.29, 1.82) is 0 Å². The third kappa shape index (κ3) is 6.99. The van der Waals surface area contributed by atoms with Gasteiger partial charge in [0.25, 0.3) is 0 Å². The van der Waals surface area contributed by atoms with E-state index in [9.17, 15) is 9.00 Å². The number of ether oxygens (including phenoxy) is 1. The average Bonchev–Trinajstić information content (AvgIpc) is 3.00. The first-order chi connectivity index (χ1) is 23.3. The monoisotopic (exact) mass is 719 g/mol. The van der Waals surface area contributed by atoms with Gasteiger partial charge in [0.2, 0.25) is 5.16 Å². The summed E-state index contributed by atoms with van der Waals surface area (Å²) < 4.78 is 51.1. The maximum absolute atomic E-state index is 17.0. The van der Waals surface area contributed by atoms with Gasteiger partial charge in [-0.2, -0.15) is 0 Å². The van der Waals surface area contributed by atoms with Gasteiger partial charge >= 0.3 is 6.09 Å². The summed E-state index contributed by atoms with van der Waals surface area (Å²) in [6, 6.07) is 6.35. The number of rotatable bonds is 7. The molecule has 2 aromatic carbocycles. The van der Waals surface area contributed by atoms with Crippen molar-refractivity contribution in [1.82, 2.24) is 15.0 Å². The van der Waals surface area contributed by atoms with Crippen LogP contribution in [-0.4, -0.2) is 57.8 Å². The predicted molar refractivity (Wildman–Crippen MR) is 202 cm³/mol. The number of carbonyl (C=O) groups excluding carboxylic acids is 1. The number of pyridine rings is 1. The zero-order valence-electron chi connectivity index (χ0n) is 30.8. The molecule has 2 atom stereocenters. The van der Waals surface area contributed by atoms with Crippen LogP contribution in [0.25, 0.3) is 32.9 Å². The van der Waals surface area contributed by atoms with Gasteiger partial charge in [0.15, 0.2) is 5.82 Å². The number of hydrogen-bond donors (Lipinski definition) is 1. The van der Waals surface area contributed by atoms with Crippen LogP contribution in [0.5, 0.6) is 0 Å². The lowest BCUT2D eigenvalue weighted by molar-refractivity contribution is 0.0636. The van der Waals surface area contributed by atoms with E-state index in [1.165, 1.54) is 18.5 Å². The number of halogens is 2. The fraction of sp³-hybridized carbons (Fsp3) is 0.474. The van der Waals surface area contributed by atoms with Gasteiger partial charge in [0, 0.05) is 41.7 Å². The molecule has 0 aliphatic carbocycles. The van der Waals surface area contributed by atoms with Gasteiger partial charge in [-0.3, -0.25) is 9.53 Å². The molecule has 8 nitrogen and oxygen atoms in total. The lowest BCUT2D eigenvalue weighted by atomic mass is 9.95. The molecular formula is C38H47F2N5O3SSi. The number of nitrogens with zero attached hydrogens (tertiary/aromatic N) is 4. The first-order valence-electron chi connectivity index (χ1n) is 17.1. The third-order valence-electron chi connectivity index (χ3n) is 9.73. The molecule has 50 heavy (non-hydrogen) atoms. The molecule has 0 bridgehead atoms. The molecule has 1 aliphatic rings. The molecule has 3 heterocycles. The van der Waals surface area contributed by atoms with Crippen LogP contribution in [0.2, 0.25) is 16.6 Å². The summed E-state index contributed by atoms with van der Waals surface area (Å²) in [4.78, 5) is 28.5. The number of aromatic nitrogens is 3. The van der Waals surface area contributed by atoms with Gasteiger partial charge in [0.05, 0.1) is 21.7 Å². The number of hydrogen-bond acceptors (Lipinski definition) is 7. The van der Waals surface area contributed by atoms with E-state index in [0.717, 1.165) is 6.42 Å². The van der Waals surface area contributed by atoms with E-state index in [-0.39, 0.29) is 33.5 Å². The summed E-state index contributed by atoms with van der Waals surface area (Å²) in [7, 11) is -3.89. The number of nitrogens with one attached hydrogen (secondary N) is 1. The Bertz CT molecular complexity index is 2050. The van der Waals surface area contributed by atoms with E-state index >= 15 is 8.78 Å². The number of carbonyl (C=O) groups is 1. The Kier molecular flexibility index (Phi) is 10.4. The quantitative estimate of drug-likeness (QED) is 0.116. The molecular weight excluding hydrogens is 673 g/mol. The van der Waals surface area contributed by atoms with Crippen molar-refractivity contribution in [3.8, 4) is 22.7 Å². The van der Waals surface area contributed by atoms with Crippen LogP contribution in [0.1, 0.15) is 81.2 Å². The largest absolute Gasteiger partial charge is 0.444 e. The van der Waals surface area contributed by atoms with E-state index < -0.39 is 42.2 Å². The Morgan fingerprint density at radius 2 is 1.74 bits per heavy atom. The molecule has 4 aromatic rings. The molecule has 266 valence electrons. The van der Waals surface area contributed by atoms with Crippen LogP contribution in [0.15, 0.2) is 35.6 Å². The molecule has 1 N–H and O–H groups in total. The van der Waals surface area contributed by atoms with Crippen molar-refractivity contribution in [3.63, 3.8) is 0 Å². The summed E-state index contributed by atoms with van der Waals surface area (Å²) in [6.45, 7) is 21.1. The topological polar surface area (TPSA) is 97.3 Å². The Hall–Kier alpha value is -3.95. The van der Waals surface area contributed by atoms with E-state index in [2.05, 4.69) is 75.2 Å². The maximum atomic E-state index is 17.0. The maximum Gasteiger partial charge on any atom is 0.412 e. The predicted octanol–water partition coefficient (Wildman–Crippen LogP) is 9.38. The van der Waals surface area contributed by atoms with E-state index in [1.54, 1.807) is 39.0 Å². The van der Waals surface area contributed by atoms with Crippen molar-refractivity contribution in [2.24, 2.45) is 0 Å². The van der Waals surface area contributed by atoms with Crippen molar-refractivity contribution in [3.05, 3.63) is 47.7 Å². The molecule has 0 spiro atoms. The minimum Gasteiger partial charge on any atom is -0.444 e. The second-order valence-corrected chi connectivity index (χ2v) is 22.0. The van der Waals surface area contributed by atoms with Crippen LogP contribution >= 0.6 is 0 Å². The number of amides is 1. The molecule has 5 rings (SSSR count).